The van der Waals surface area contributed by atoms with Crippen molar-refractivity contribution in [2.45, 2.75) is 44.9 Å². The van der Waals surface area contributed by atoms with E-state index in [2.05, 4.69) is 12.2 Å². The third-order valence-electron chi connectivity index (χ3n) is 4.97. The molecule has 1 aromatic carbocycles. The molecule has 3 rings (SSSR count). The van der Waals surface area contributed by atoms with Gasteiger partial charge in [0, 0.05) is 31.6 Å². The summed E-state index contributed by atoms with van der Waals surface area (Å²) in [5, 5.41) is 3.37. The average molecular weight is 340 g/mol. The van der Waals surface area contributed by atoms with Gasteiger partial charge < -0.3 is 10.2 Å². The van der Waals surface area contributed by atoms with Gasteiger partial charge in [0.15, 0.2) is 0 Å². The zero-order valence-corrected chi connectivity index (χ0v) is 13.8. The van der Waals surface area contributed by atoms with Crippen LogP contribution in [0.15, 0.2) is 24.3 Å². The van der Waals surface area contributed by atoms with Gasteiger partial charge in [0.1, 0.15) is 0 Å². The van der Waals surface area contributed by atoms with Gasteiger partial charge in [0.2, 0.25) is 5.91 Å². The van der Waals surface area contributed by atoms with Crippen molar-refractivity contribution in [2.24, 2.45) is 11.8 Å². The van der Waals surface area contributed by atoms with E-state index in [9.17, 15) is 18.0 Å². The molecule has 3 nitrogen and oxygen atoms in total. The average Bonchev–Trinajstić information content (AvgIpc) is 3.37. The van der Waals surface area contributed by atoms with Gasteiger partial charge in [-0.25, -0.2) is 0 Å². The van der Waals surface area contributed by atoms with E-state index in [4.69, 9.17) is 0 Å². The van der Waals surface area contributed by atoms with Crippen molar-refractivity contribution >= 4 is 5.91 Å². The van der Waals surface area contributed by atoms with Crippen molar-refractivity contribution in [1.82, 2.24) is 10.2 Å². The minimum Gasteiger partial charge on any atom is -0.342 e. The smallest absolute Gasteiger partial charge is 0.342 e. The van der Waals surface area contributed by atoms with Crippen LogP contribution >= 0.6 is 0 Å². The van der Waals surface area contributed by atoms with Gasteiger partial charge in [0.05, 0.1) is 5.56 Å². The highest BCUT2D eigenvalue weighted by Crippen LogP contribution is 2.33. The van der Waals surface area contributed by atoms with Crippen molar-refractivity contribution in [3.05, 3.63) is 35.4 Å². The number of carbonyl (C=O) groups is 1. The fraction of sp³-hybridized carbons (Fsp3) is 0.611. The van der Waals surface area contributed by atoms with E-state index in [1.165, 1.54) is 12.1 Å². The van der Waals surface area contributed by atoms with Gasteiger partial charge >= 0.3 is 6.18 Å². The van der Waals surface area contributed by atoms with E-state index < -0.39 is 11.7 Å². The molecule has 1 aliphatic carbocycles. The molecule has 1 N–H and O–H groups in total. The number of halogens is 3. The quantitative estimate of drug-likeness (QED) is 0.911. The summed E-state index contributed by atoms with van der Waals surface area (Å²) >= 11 is 0. The minimum atomic E-state index is -4.31. The Morgan fingerprint density at radius 1 is 1.29 bits per heavy atom. The summed E-state index contributed by atoms with van der Waals surface area (Å²) in [5.41, 5.74) is 0.0215. The lowest BCUT2D eigenvalue weighted by molar-refractivity contribution is -0.137. The highest BCUT2D eigenvalue weighted by Gasteiger charge is 2.36. The molecule has 2 fully saturated rings. The molecule has 0 unspecified atom stereocenters. The number of likely N-dealkylation sites (tertiary alicyclic amines) is 1. The van der Waals surface area contributed by atoms with Crippen LogP contribution in [0.5, 0.6) is 0 Å². The Hall–Kier alpha value is -1.56. The van der Waals surface area contributed by atoms with E-state index in [0.29, 0.717) is 18.0 Å². The molecule has 0 aromatic heterocycles. The number of alkyl halides is 3. The van der Waals surface area contributed by atoms with Crippen LogP contribution in [0.3, 0.4) is 0 Å². The maximum atomic E-state index is 12.8. The molecule has 2 atom stereocenters. The normalized spacial score (nSPS) is 24.9. The predicted molar refractivity (Wildman–Crippen MR) is 85.2 cm³/mol. The SMILES string of the molecule is C[C@@H]1CN(C(=O)C2CC2)CC[C@H]1NCc1cccc(C(F)(F)F)c1. The van der Waals surface area contributed by atoms with Crippen molar-refractivity contribution in [3.63, 3.8) is 0 Å². The molecule has 1 amide bonds. The minimum absolute atomic E-state index is 0.225. The van der Waals surface area contributed by atoms with Crippen molar-refractivity contribution in [2.75, 3.05) is 13.1 Å². The van der Waals surface area contributed by atoms with E-state index in [0.717, 1.165) is 38.4 Å². The second kappa shape index (κ2) is 6.75. The van der Waals surface area contributed by atoms with Crippen LogP contribution < -0.4 is 5.32 Å². The summed E-state index contributed by atoms with van der Waals surface area (Å²) in [6.45, 7) is 3.97. The van der Waals surface area contributed by atoms with Crippen molar-refractivity contribution in [3.8, 4) is 0 Å². The highest BCUT2D eigenvalue weighted by molar-refractivity contribution is 5.81. The van der Waals surface area contributed by atoms with Crippen LogP contribution in [0, 0.1) is 11.8 Å². The molecule has 132 valence electrons. The number of benzene rings is 1. The second-order valence-corrected chi connectivity index (χ2v) is 7.01. The molecule has 1 heterocycles. The number of hydrogen-bond acceptors (Lipinski definition) is 2. The predicted octanol–water partition coefficient (Wildman–Crippen LogP) is 3.44. The molecular weight excluding hydrogens is 317 g/mol. The molecule has 1 aromatic rings. The summed E-state index contributed by atoms with van der Waals surface area (Å²) in [6.07, 6.45) is -1.43. The molecule has 1 saturated heterocycles. The summed E-state index contributed by atoms with van der Waals surface area (Å²) in [7, 11) is 0. The Balaban J connectivity index is 1.53. The maximum absolute atomic E-state index is 12.8. The van der Waals surface area contributed by atoms with E-state index in [1.54, 1.807) is 6.07 Å². The van der Waals surface area contributed by atoms with Crippen LogP contribution in [0.1, 0.15) is 37.3 Å². The zero-order valence-electron chi connectivity index (χ0n) is 13.8. The Morgan fingerprint density at radius 2 is 2.04 bits per heavy atom. The second-order valence-electron chi connectivity index (χ2n) is 7.01. The van der Waals surface area contributed by atoms with Crippen molar-refractivity contribution < 1.29 is 18.0 Å². The Kier molecular flexibility index (Phi) is 4.85. The number of hydrogen-bond donors (Lipinski definition) is 1. The summed E-state index contributed by atoms with van der Waals surface area (Å²) in [4.78, 5) is 14.1. The molecule has 0 radical (unpaired) electrons. The maximum Gasteiger partial charge on any atom is 0.416 e. The Morgan fingerprint density at radius 3 is 2.67 bits per heavy atom. The number of rotatable bonds is 4. The summed E-state index contributed by atoms with van der Waals surface area (Å²) in [5.74, 6) is 0.817. The summed E-state index contributed by atoms with van der Waals surface area (Å²) < 4.78 is 38.3. The molecule has 0 spiro atoms. The first-order chi connectivity index (χ1) is 11.3. The number of nitrogens with zero attached hydrogens (tertiary/aromatic N) is 1. The fourth-order valence-corrected chi connectivity index (χ4v) is 3.34. The molecular formula is C18H23F3N2O. The largest absolute Gasteiger partial charge is 0.416 e. The zero-order chi connectivity index (χ0) is 17.3. The molecule has 2 aliphatic rings. The van der Waals surface area contributed by atoms with Gasteiger partial charge in [-0.1, -0.05) is 25.1 Å². The van der Waals surface area contributed by atoms with Gasteiger partial charge in [-0.3, -0.25) is 4.79 Å². The van der Waals surface area contributed by atoms with Gasteiger partial charge in [-0.2, -0.15) is 13.2 Å². The first kappa shape index (κ1) is 17.3. The third kappa shape index (κ3) is 4.09. The molecule has 1 aliphatic heterocycles. The third-order valence-corrected chi connectivity index (χ3v) is 4.97. The fourth-order valence-electron chi connectivity index (χ4n) is 3.34. The monoisotopic (exact) mass is 340 g/mol. The molecule has 1 saturated carbocycles. The number of piperidine rings is 1. The lowest BCUT2D eigenvalue weighted by atomic mass is 9.93. The lowest BCUT2D eigenvalue weighted by Gasteiger charge is -2.37. The molecule has 6 heteroatoms. The first-order valence-corrected chi connectivity index (χ1v) is 8.53. The van der Waals surface area contributed by atoms with Gasteiger partial charge in [0.25, 0.3) is 0 Å². The molecule has 0 bridgehead atoms. The Bertz CT molecular complexity index is 598. The summed E-state index contributed by atoms with van der Waals surface area (Å²) in [6, 6.07) is 5.67. The first-order valence-electron chi connectivity index (χ1n) is 8.53. The topological polar surface area (TPSA) is 32.3 Å². The van der Waals surface area contributed by atoms with Crippen molar-refractivity contribution in [1.29, 1.82) is 0 Å². The van der Waals surface area contributed by atoms with Crippen LogP contribution in [0.4, 0.5) is 13.2 Å². The molecule has 24 heavy (non-hydrogen) atoms. The van der Waals surface area contributed by atoms with E-state index >= 15 is 0 Å². The standard InChI is InChI=1S/C18H23F3N2O/c1-12-11-23(17(24)14-5-6-14)8-7-16(12)22-10-13-3-2-4-15(9-13)18(19,20)21/h2-4,9,12,14,16,22H,5-8,10-11H2,1H3/t12-,16-/m1/s1. The van der Waals surface area contributed by atoms with Crippen LogP contribution in [0.25, 0.3) is 0 Å². The van der Waals surface area contributed by atoms with E-state index in [-0.39, 0.29) is 17.9 Å². The van der Waals surface area contributed by atoms with E-state index in [1.807, 2.05) is 4.90 Å². The number of nitrogens with one attached hydrogen (secondary N) is 1. The highest BCUT2D eigenvalue weighted by atomic mass is 19.4. The van der Waals surface area contributed by atoms with Gasteiger partial charge in [-0.05, 0) is 36.8 Å². The number of amides is 1. The van der Waals surface area contributed by atoms with Crippen LogP contribution in [-0.2, 0) is 17.5 Å². The van der Waals surface area contributed by atoms with Crippen LogP contribution in [-0.4, -0.2) is 29.9 Å². The van der Waals surface area contributed by atoms with Gasteiger partial charge in [-0.15, -0.1) is 0 Å². The number of carbonyl (C=O) groups excluding carboxylic acids is 1. The lowest BCUT2D eigenvalue weighted by Crippen LogP contribution is -2.50. The van der Waals surface area contributed by atoms with Crippen LogP contribution in [0.2, 0.25) is 0 Å². The Labute approximate surface area is 140 Å².